The Balaban J connectivity index is 1.98. The summed E-state index contributed by atoms with van der Waals surface area (Å²) in [6.07, 6.45) is 1.82. The van der Waals surface area contributed by atoms with Gasteiger partial charge in [0.15, 0.2) is 11.4 Å². The van der Waals surface area contributed by atoms with Gasteiger partial charge in [0.2, 0.25) is 0 Å². The van der Waals surface area contributed by atoms with Gasteiger partial charge in [-0.15, -0.1) is 0 Å². The van der Waals surface area contributed by atoms with Crippen LogP contribution >= 0.6 is 0 Å². The van der Waals surface area contributed by atoms with Crippen LogP contribution in [0.25, 0.3) is 10.9 Å². The van der Waals surface area contributed by atoms with Crippen LogP contribution in [0.1, 0.15) is 35.8 Å². The fourth-order valence-electron chi connectivity index (χ4n) is 3.30. The predicted octanol–water partition coefficient (Wildman–Crippen LogP) is 4.82. The number of esters is 1. The maximum absolute atomic E-state index is 12.8. The fourth-order valence-corrected chi connectivity index (χ4v) is 3.30. The molecular formula is C23H27NO4. The number of aromatic nitrogens is 1. The van der Waals surface area contributed by atoms with Crippen molar-refractivity contribution >= 4 is 16.9 Å². The number of nitrogens with zero attached hydrogens (tertiary/aromatic N) is 1. The van der Waals surface area contributed by atoms with Gasteiger partial charge in [-0.2, -0.15) is 0 Å². The molecule has 0 amide bonds. The average molecular weight is 381 g/mol. The minimum absolute atomic E-state index is 0.322. The maximum atomic E-state index is 12.8. The van der Waals surface area contributed by atoms with E-state index in [0.29, 0.717) is 37.8 Å². The van der Waals surface area contributed by atoms with Crippen LogP contribution in [0, 0.1) is 0 Å². The molecule has 1 heterocycles. The van der Waals surface area contributed by atoms with Crippen LogP contribution in [0.4, 0.5) is 0 Å². The lowest BCUT2D eigenvalue weighted by Crippen LogP contribution is -2.14. The number of aryl methyl sites for hydroxylation is 1. The molecular weight excluding hydrogens is 354 g/mol. The summed E-state index contributed by atoms with van der Waals surface area (Å²) in [6.45, 7) is 3.93. The van der Waals surface area contributed by atoms with Gasteiger partial charge in [0.05, 0.1) is 12.1 Å². The molecule has 0 atom stereocenters. The van der Waals surface area contributed by atoms with Crippen LogP contribution < -0.4 is 4.74 Å². The van der Waals surface area contributed by atoms with E-state index in [0.717, 1.165) is 29.3 Å². The molecule has 0 bridgehead atoms. The average Bonchev–Trinajstić information content (AvgIpc) is 3.04. The molecule has 5 nitrogen and oxygen atoms in total. The number of para-hydroxylation sites is 1. The van der Waals surface area contributed by atoms with Crippen LogP contribution in [-0.2, 0) is 22.6 Å². The summed E-state index contributed by atoms with van der Waals surface area (Å²) in [4.78, 5) is 12.8. The summed E-state index contributed by atoms with van der Waals surface area (Å²) < 4.78 is 18.7. The van der Waals surface area contributed by atoms with Crippen LogP contribution in [0.5, 0.6) is 5.75 Å². The highest BCUT2D eigenvalue weighted by Crippen LogP contribution is 2.35. The van der Waals surface area contributed by atoms with Crippen molar-refractivity contribution in [2.45, 2.75) is 32.9 Å². The first-order valence-electron chi connectivity index (χ1n) is 9.70. The zero-order chi connectivity index (χ0) is 19.8. The van der Waals surface area contributed by atoms with Gasteiger partial charge in [-0.25, -0.2) is 4.79 Å². The molecule has 0 aliphatic rings. The first-order chi connectivity index (χ1) is 13.8. The number of ether oxygens (including phenoxy) is 3. The molecule has 0 N–H and O–H groups in total. The molecule has 5 heteroatoms. The smallest absolute Gasteiger partial charge is 0.358 e. The Bertz CT molecular complexity index is 902. The second kappa shape index (κ2) is 9.95. The second-order valence-electron chi connectivity index (χ2n) is 6.54. The zero-order valence-corrected chi connectivity index (χ0v) is 16.5. The number of carbonyl (C=O) groups is 1. The molecule has 0 saturated heterocycles. The summed E-state index contributed by atoms with van der Waals surface area (Å²) in [5, 5.41) is 0.924. The van der Waals surface area contributed by atoms with Crippen molar-refractivity contribution in [3.05, 3.63) is 65.9 Å². The summed E-state index contributed by atoms with van der Waals surface area (Å²) >= 11 is 0. The Kier molecular flexibility index (Phi) is 7.09. The van der Waals surface area contributed by atoms with Crippen LogP contribution in [0.2, 0.25) is 0 Å². The van der Waals surface area contributed by atoms with Crippen LogP contribution in [-0.4, -0.2) is 30.9 Å². The van der Waals surface area contributed by atoms with E-state index in [1.807, 2.05) is 66.1 Å². The van der Waals surface area contributed by atoms with Crippen molar-refractivity contribution in [3.63, 3.8) is 0 Å². The summed E-state index contributed by atoms with van der Waals surface area (Å²) in [5.74, 6) is 0.234. The summed E-state index contributed by atoms with van der Waals surface area (Å²) in [7, 11) is 1.70. The summed E-state index contributed by atoms with van der Waals surface area (Å²) in [5.41, 5.74) is 2.51. The number of hydrogen-bond donors (Lipinski definition) is 0. The normalized spacial score (nSPS) is 10.9. The minimum atomic E-state index is -0.353. The molecule has 0 aliphatic heterocycles. The van der Waals surface area contributed by atoms with Gasteiger partial charge in [-0.1, -0.05) is 42.5 Å². The Hall–Kier alpha value is -2.79. The highest BCUT2D eigenvalue weighted by atomic mass is 16.5. The summed E-state index contributed by atoms with van der Waals surface area (Å²) in [6, 6.07) is 17.9. The molecule has 1 aromatic heterocycles. The van der Waals surface area contributed by atoms with Gasteiger partial charge in [-0.05, 0) is 37.5 Å². The maximum Gasteiger partial charge on any atom is 0.358 e. The van der Waals surface area contributed by atoms with Crippen LogP contribution in [0.3, 0.4) is 0 Å². The van der Waals surface area contributed by atoms with Gasteiger partial charge in [0.1, 0.15) is 6.61 Å². The Labute approximate surface area is 165 Å². The van der Waals surface area contributed by atoms with E-state index in [1.165, 1.54) is 0 Å². The molecule has 0 spiro atoms. The molecule has 0 aliphatic carbocycles. The van der Waals surface area contributed by atoms with E-state index >= 15 is 0 Å². The lowest BCUT2D eigenvalue weighted by molar-refractivity contribution is 0.0508. The lowest BCUT2D eigenvalue weighted by Gasteiger charge is -2.12. The van der Waals surface area contributed by atoms with Crippen molar-refractivity contribution < 1.29 is 19.0 Å². The van der Waals surface area contributed by atoms with E-state index in [1.54, 1.807) is 7.11 Å². The first-order valence-corrected chi connectivity index (χ1v) is 9.70. The third-order valence-electron chi connectivity index (χ3n) is 4.60. The van der Waals surface area contributed by atoms with Crippen molar-refractivity contribution in [1.82, 2.24) is 4.57 Å². The number of methoxy groups -OCH3 is 1. The van der Waals surface area contributed by atoms with E-state index in [4.69, 9.17) is 14.2 Å². The SMILES string of the molecule is CCOC(=O)c1c(OCc2ccccc2)c2ccccc2n1CCCCOC. The third-order valence-corrected chi connectivity index (χ3v) is 4.60. The second-order valence-corrected chi connectivity index (χ2v) is 6.54. The zero-order valence-electron chi connectivity index (χ0n) is 16.5. The van der Waals surface area contributed by atoms with E-state index in [2.05, 4.69) is 0 Å². The monoisotopic (exact) mass is 381 g/mol. The quantitative estimate of drug-likeness (QED) is 0.373. The van der Waals surface area contributed by atoms with Gasteiger partial charge in [-0.3, -0.25) is 0 Å². The van der Waals surface area contributed by atoms with Crippen molar-refractivity contribution in [3.8, 4) is 5.75 Å². The van der Waals surface area contributed by atoms with Crippen molar-refractivity contribution in [2.24, 2.45) is 0 Å². The number of benzene rings is 2. The number of hydrogen-bond acceptors (Lipinski definition) is 4. The van der Waals surface area contributed by atoms with Gasteiger partial charge >= 0.3 is 5.97 Å². The number of unbranched alkanes of at least 4 members (excludes halogenated alkanes) is 1. The number of fused-ring (bicyclic) bond motifs is 1. The highest BCUT2D eigenvalue weighted by molar-refractivity contribution is 6.01. The van der Waals surface area contributed by atoms with E-state index in [-0.39, 0.29) is 5.97 Å². The molecule has 148 valence electrons. The molecule has 28 heavy (non-hydrogen) atoms. The molecule has 0 fully saturated rings. The van der Waals surface area contributed by atoms with Gasteiger partial charge in [0.25, 0.3) is 0 Å². The predicted molar refractivity (Wildman–Crippen MR) is 110 cm³/mol. The molecule has 0 unspecified atom stereocenters. The molecule has 3 rings (SSSR count). The van der Waals surface area contributed by atoms with Gasteiger partial charge in [0, 0.05) is 25.6 Å². The molecule has 0 radical (unpaired) electrons. The minimum Gasteiger partial charge on any atom is -0.486 e. The standard InChI is InChI=1S/C23H27NO4/c1-3-27-23(25)21-22(28-17-18-11-5-4-6-12-18)19-13-7-8-14-20(19)24(21)15-9-10-16-26-2/h4-8,11-14H,3,9-10,15-17H2,1-2H3. The lowest BCUT2D eigenvalue weighted by atomic mass is 10.2. The Morgan fingerprint density at radius 2 is 1.75 bits per heavy atom. The van der Waals surface area contributed by atoms with Crippen molar-refractivity contribution in [2.75, 3.05) is 20.3 Å². The molecule has 2 aromatic carbocycles. The van der Waals surface area contributed by atoms with Crippen molar-refractivity contribution in [1.29, 1.82) is 0 Å². The topological polar surface area (TPSA) is 49.7 Å². The third kappa shape index (κ3) is 4.54. The van der Waals surface area contributed by atoms with E-state index < -0.39 is 0 Å². The number of rotatable bonds is 10. The fraction of sp³-hybridized carbons (Fsp3) is 0.348. The van der Waals surface area contributed by atoms with Gasteiger partial charge < -0.3 is 18.8 Å². The Morgan fingerprint density at radius 1 is 1.00 bits per heavy atom. The molecule has 0 saturated carbocycles. The largest absolute Gasteiger partial charge is 0.486 e. The highest BCUT2D eigenvalue weighted by Gasteiger charge is 2.25. The first kappa shape index (κ1) is 20.0. The Morgan fingerprint density at radius 3 is 2.50 bits per heavy atom. The number of carbonyl (C=O) groups excluding carboxylic acids is 1. The molecule has 3 aromatic rings. The van der Waals surface area contributed by atoms with E-state index in [9.17, 15) is 4.79 Å². The van der Waals surface area contributed by atoms with Crippen LogP contribution in [0.15, 0.2) is 54.6 Å².